The van der Waals surface area contributed by atoms with Gasteiger partial charge in [-0.15, -0.1) is 0 Å². The largest absolute Gasteiger partial charge is 0.490 e. The Bertz CT molecular complexity index is 1560. The van der Waals surface area contributed by atoms with Crippen molar-refractivity contribution in [2.24, 2.45) is 0 Å². The number of rotatable bonds is 9. The predicted molar refractivity (Wildman–Crippen MR) is 171 cm³/mol. The molecular formula is C31H28Cl3N3O5S. The van der Waals surface area contributed by atoms with Crippen LogP contribution in [-0.4, -0.2) is 66.2 Å². The molecule has 0 atom stereocenters. The molecule has 2 saturated heterocycles. The number of halogens is 3. The number of hydrogen-bond donors (Lipinski definition) is 0. The second-order valence-electron chi connectivity index (χ2n) is 9.76. The monoisotopic (exact) mass is 659 g/mol. The quantitative estimate of drug-likeness (QED) is 0.229. The summed E-state index contributed by atoms with van der Waals surface area (Å²) in [5.41, 5.74) is 2.36. The summed E-state index contributed by atoms with van der Waals surface area (Å²) in [6.45, 7) is 4.36. The molecule has 0 saturated carbocycles. The Labute approximate surface area is 269 Å². The summed E-state index contributed by atoms with van der Waals surface area (Å²) in [7, 11) is 0. The van der Waals surface area contributed by atoms with E-state index in [-0.39, 0.29) is 29.0 Å². The number of imide groups is 1. The van der Waals surface area contributed by atoms with Gasteiger partial charge in [0.05, 0.1) is 16.5 Å². The van der Waals surface area contributed by atoms with Gasteiger partial charge in [-0.25, -0.2) is 0 Å². The maximum Gasteiger partial charge on any atom is 0.294 e. The molecule has 8 nitrogen and oxygen atoms in total. The van der Waals surface area contributed by atoms with E-state index in [1.165, 1.54) is 0 Å². The Morgan fingerprint density at radius 1 is 0.930 bits per heavy atom. The van der Waals surface area contributed by atoms with E-state index in [1.807, 2.05) is 37.3 Å². The predicted octanol–water partition coefficient (Wildman–Crippen LogP) is 7.01. The number of piperazine rings is 1. The zero-order valence-corrected chi connectivity index (χ0v) is 26.3. The number of para-hydroxylation sites is 1. The summed E-state index contributed by atoms with van der Waals surface area (Å²) < 4.78 is 11.7. The zero-order valence-electron chi connectivity index (χ0n) is 23.2. The van der Waals surface area contributed by atoms with Crippen molar-refractivity contribution in [2.75, 3.05) is 44.2 Å². The molecule has 0 unspecified atom stereocenters. The van der Waals surface area contributed by atoms with Crippen LogP contribution in [0.1, 0.15) is 18.1 Å². The number of anilines is 1. The van der Waals surface area contributed by atoms with Crippen LogP contribution in [0.15, 0.2) is 65.6 Å². The fourth-order valence-electron chi connectivity index (χ4n) is 4.74. The van der Waals surface area contributed by atoms with Gasteiger partial charge in [-0.2, -0.15) is 0 Å². The molecule has 224 valence electrons. The standard InChI is InChI=1S/C31H28Cl3N3O5S/c1-2-41-26-15-20(14-25(34)29(26)42-19-21-8-9-22(32)17-24(21)33)16-27-30(39)37(31(40)43-27)18-28(38)36-12-10-35(11-13-36)23-6-4-3-5-7-23/h3-9,14-17H,2,10-13,18-19H2,1H3/b27-16+. The number of thioether (sulfide) groups is 1. The molecule has 0 bridgehead atoms. The normalized spacial score (nSPS) is 16.3. The van der Waals surface area contributed by atoms with Crippen molar-refractivity contribution in [1.29, 1.82) is 0 Å². The summed E-state index contributed by atoms with van der Waals surface area (Å²) in [5.74, 6) is -0.105. The van der Waals surface area contributed by atoms with Crippen LogP contribution in [-0.2, 0) is 16.2 Å². The first kappa shape index (κ1) is 31.1. The molecule has 3 amide bonds. The van der Waals surface area contributed by atoms with Crippen LogP contribution >= 0.6 is 46.6 Å². The molecule has 0 aromatic heterocycles. The topological polar surface area (TPSA) is 79.4 Å². The first-order valence-electron chi connectivity index (χ1n) is 13.6. The van der Waals surface area contributed by atoms with Gasteiger partial charge >= 0.3 is 0 Å². The van der Waals surface area contributed by atoms with Gasteiger partial charge in [0.25, 0.3) is 11.1 Å². The molecule has 0 aliphatic carbocycles. The molecule has 0 N–H and O–H groups in total. The summed E-state index contributed by atoms with van der Waals surface area (Å²) in [6.07, 6.45) is 1.56. The van der Waals surface area contributed by atoms with Crippen LogP contribution in [0.5, 0.6) is 11.5 Å². The number of nitrogens with zero attached hydrogens (tertiary/aromatic N) is 3. The maximum atomic E-state index is 13.2. The lowest BCUT2D eigenvalue weighted by Crippen LogP contribution is -2.51. The third-order valence-corrected chi connectivity index (χ3v) is 8.71. The third-order valence-electron chi connectivity index (χ3n) is 6.94. The molecule has 2 heterocycles. The smallest absolute Gasteiger partial charge is 0.294 e. The summed E-state index contributed by atoms with van der Waals surface area (Å²) >= 11 is 19.6. The van der Waals surface area contributed by atoms with Crippen LogP contribution in [0.3, 0.4) is 0 Å². The van der Waals surface area contributed by atoms with E-state index in [4.69, 9.17) is 44.3 Å². The highest BCUT2D eigenvalue weighted by atomic mass is 35.5. The lowest BCUT2D eigenvalue weighted by Gasteiger charge is -2.36. The first-order chi connectivity index (χ1) is 20.7. The van der Waals surface area contributed by atoms with Crippen molar-refractivity contribution in [3.63, 3.8) is 0 Å². The second kappa shape index (κ2) is 13.9. The average molecular weight is 661 g/mol. The summed E-state index contributed by atoms with van der Waals surface area (Å²) in [4.78, 5) is 44.0. The van der Waals surface area contributed by atoms with E-state index in [0.717, 1.165) is 27.9 Å². The molecule has 12 heteroatoms. The number of hydrogen-bond acceptors (Lipinski definition) is 7. The number of benzene rings is 3. The van der Waals surface area contributed by atoms with Crippen molar-refractivity contribution in [1.82, 2.24) is 9.80 Å². The van der Waals surface area contributed by atoms with Crippen LogP contribution in [0.25, 0.3) is 6.08 Å². The first-order valence-corrected chi connectivity index (χ1v) is 15.5. The Morgan fingerprint density at radius 2 is 1.67 bits per heavy atom. The van der Waals surface area contributed by atoms with Gasteiger partial charge < -0.3 is 19.3 Å². The molecular weight excluding hydrogens is 633 g/mol. The van der Waals surface area contributed by atoms with Crippen LogP contribution < -0.4 is 14.4 Å². The Balaban J connectivity index is 1.25. The molecule has 43 heavy (non-hydrogen) atoms. The van der Waals surface area contributed by atoms with E-state index in [9.17, 15) is 14.4 Å². The van der Waals surface area contributed by atoms with E-state index < -0.39 is 11.1 Å². The minimum atomic E-state index is -0.530. The molecule has 3 aromatic rings. The van der Waals surface area contributed by atoms with Crippen molar-refractivity contribution in [3.8, 4) is 11.5 Å². The lowest BCUT2D eigenvalue weighted by atomic mass is 10.1. The molecule has 3 aromatic carbocycles. The van der Waals surface area contributed by atoms with Crippen molar-refractivity contribution in [2.45, 2.75) is 13.5 Å². The van der Waals surface area contributed by atoms with Crippen LogP contribution in [0.2, 0.25) is 15.1 Å². The molecule has 2 aliphatic rings. The van der Waals surface area contributed by atoms with Crippen LogP contribution in [0.4, 0.5) is 10.5 Å². The van der Waals surface area contributed by atoms with Crippen molar-refractivity contribution < 1.29 is 23.9 Å². The lowest BCUT2D eigenvalue weighted by molar-refractivity contribution is -0.136. The molecule has 5 rings (SSSR count). The molecule has 2 fully saturated rings. The highest BCUT2D eigenvalue weighted by Gasteiger charge is 2.37. The number of carbonyl (C=O) groups is 3. The highest BCUT2D eigenvalue weighted by Crippen LogP contribution is 2.40. The Morgan fingerprint density at radius 3 is 2.37 bits per heavy atom. The fraction of sp³-hybridized carbons (Fsp3) is 0.258. The van der Waals surface area contributed by atoms with Gasteiger partial charge in [0.15, 0.2) is 11.5 Å². The minimum absolute atomic E-state index is 0.128. The summed E-state index contributed by atoms with van der Waals surface area (Å²) in [5, 5.41) is 0.734. The Hall–Kier alpha value is -3.37. The zero-order chi connectivity index (χ0) is 30.5. The van der Waals surface area contributed by atoms with Gasteiger partial charge in [-0.1, -0.05) is 59.1 Å². The van der Waals surface area contributed by atoms with Gasteiger partial charge in [-0.05, 0) is 66.7 Å². The SMILES string of the molecule is CCOc1cc(/C=C2/SC(=O)N(CC(=O)N3CCN(c4ccccc4)CC3)C2=O)cc(Cl)c1OCc1ccc(Cl)cc1Cl. The number of ether oxygens (including phenoxy) is 2. The van der Waals surface area contributed by atoms with E-state index in [1.54, 1.807) is 41.3 Å². The fourth-order valence-corrected chi connectivity index (χ4v) is 6.31. The third kappa shape index (κ3) is 7.41. The molecule has 2 aliphatic heterocycles. The highest BCUT2D eigenvalue weighted by molar-refractivity contribution is 8.18. The van der Waals surface area contributed by atoms with Crippen molar-refractivity contribution >= 4 is 75.4 Å². The second-order valence-corrected chi connectivity index (χ2v) is 12.0. The maximum absolute atomic E-state index is 13.2. The van der Waals surface area contributed by atoms with Crippen LogP contribution in [0, 0.1) is 0 Å². The summed E-state index contributed by atoms with van der Waals surface area (Å²) in [6, 6.07) is 18.4. The molecule has 0 spiro atoms. The average Bonchev–Trinajstić information content (AvgIpc) is 3.25. The molecule has 0 radical (unpaired) electrons. The van der Waals surface area contributed by atoms with Gasteiger partial charge in [0.1, 0.15) is 13.2 Å². The number of carbonyl (C=O) groups excluding carboxylic acids is 3. The number of amides is 3. The van der Waals surface area contributed by atoms with Gasteiger partial charge in [0.2, 0.25) is 5.91 Å². The van der Waals surface area contributed by atoms with E-state index in [0.29, 0.717) is 59.9 Å². The Kier molecular flexibility index (Phi) is 10.1. The van der Waals surface area contributed by atoms with Gasteiger partial charge in [0, 0.05) is 47.5 Å². The minimum Gasteiger partial charge on any atom is -0.490 e. The van der Waals surface area contributed by atoms with Crippen molar-refractivity contribution in [3.05, 3.63) is 91.8 Å². The van der Waals surface area contributed by atoms with E-state index in [2.05, 4.69) is 4.90 Å². The van der Waals surface area contributed by atoms with Gasteiger partial charge in [-0.3, -0.25) is 19.3 Å². The van der Waals surface area contributed by atoms with E-state index >= 15 is 0 Å².